The van der Waals surface area contributed by atoms with E-state index in [1.54, 1.807) is 18.2 Å². The number of ether oxygens (including phenoxy) is 1. The number of carbonyl (C=O) groups excluding carboxylic acids is 1. The van der Waals surface area contributed by atoms with Crippen LogP contribution >= 0.6 is 0 Å². The van der Waals surface area contributed by atoms with Crippen molar-refractivity contribution >= 4 is 5.91 Å². The summed E-state index contributed by atoms with van der Waals surface area (Å²) in [7, 11) is 0. The summed E-state index contributed by atoms with van der Waals surface area (Å²) >= 11 is 0. The van der Waals surface area contributed by atoms with E-state index in [-0.39, 0.29) is 23.6 Å². The maximum Gasteiger partial charge on any atom is 0.221 e. The van der Waals surface area contributed by atoms with E-state index in [1.807, 2.05) is 0 Å². The highest BCUT2D eigenvalue weighted by Crippen LogP contribution is 2.15. The molecule has 1 atom stereocenters. The molecular weight excluding hydrogens is 249 g/mol. The number of rotatable bonds is 6. The number of hydrazine groups is 1. The molecule has 104 valence electrons. The molecular formula is C13H18FN3O2. The van der Waals surface area contributed by atoms with Crippen molar-refractivity contribution in [2.45, 2.75) is 25.4 Å². The second kappa shape index (κ2) is 7.06. The molecule has 2 rings (SSSR count). The van der Waals surface area contributed by atoms with Gasteiger partial charge >= 0.3 is 0 Å². The molecule has 1 aromatic carbocycles. The predicted molar refractivity (Wildman–Crippen MR) is 68.8 cm³/mol. The molecule has 1 aliphatic heterocycles. The van der Waals surface area contributed by atoms with E-state index in [0.29, 0.717) is 19.4 Å². The van der Waals surface area contributed by atoms with Crippen LogP contribution in [0.1, 0.15) is 19.3 Å². The highest BCUT2D eigenvalue weighted by atomic mass is 19.1. The van der Waals surface area contributed by atoms with Crippen molar-refractivity contribution < 1.29 is 13.9 Å². The first-order chi connectivity index (χ1) is 9.25. The molecule has 1 saturated heterocycles. The average molecular weight is 267 g/mol. The van der Waals surface area contributed by atoms with Crippen LogP contribution < -0.4 is 20.9 Å². The molecule has 0 aliphatic carbocycles. The Morgan fingerprint density at radius 2 is 2.32 bits per heavy atom. The maximum atomic E-state index is 13.2. The van der Waals surface area contributed by atoms with Gasteiger partial charge in [-0.3, -0.25) is 10.2 Å². The summed E-state index contributed by atoms with van der Waals surface area (Å²) < 4.78 is 18.5. The average Bonchev–Trinajstić information content (AvgIpc) is 2.89. The van der Waals surface area contributed by atoms with Gasteiger partial charge in [-0.15, -0.1) is 0 Å². The molecule has 1 aliphatic rings. The fourth-order valence-corrected chi connectivity index (χ4v) is 1.84. The first kappa shape index (κ1) is 13.8. The molecule has 0 spiro atoms. The number of carbonyl (C=O) groups is 1. The van der Waals surface area contributed by atoms with E-state index in [1.165, 1.54) is 6.07 Å². The molecule has 5 nitrogen and oxygen atoms in total. The van der Waals surface area contributed by atoms with E-state index in [9.17, 15) is 9.18 Å². The Morgan fingerprint density at radius 3 is 3.05 bits per heavy atom. The van der Waals surface area contributed by atoms with Crippen LogP contribution in [0.15, 0.2) is 24.3 Å². The Kier molecular flexibility index (Phi) is 5.11. The lowest BCUT2D eigenvalue weighted by molar-refractivity contribution is -0.122. The second-order valence-corrected chi connectivity index (χ2v) is 4.36. The summed E-state index contributed by atoms with van der Waals surface area (Å²) in [5.41, 5.74) is 5.89. The van der Waals surface area contributed by atoms with Gasteiger partial charge in [-0.25, -0.2) is 9.82 Å². The largest absolute Gasteiger partial charge is 0.491 e. The third-order valence-electron chi connectivity index (χ3n) is 2.81. The van der Waals surface area contributed by atoms with Gasteiger partial charge in [-0.1, -0.05) is 12.1 Å². The van der Waals surface area contributed by atoms with Crippen molar-refractivity contribution in [1.29, 1.82) is 0 Å². The van der Waals surface area contributed by atoms with Crippen LogP contribution in [0, 0.1) is 5.82 Å². The SMILES string of the molecule is O=C(CCCOc1ccccc1F)NC1CCNN1. The number of para-hydroxylation sites is 1. The quantitative estimate of drug-likeness (QED) is 0.671. The molecule has 0 saturated carbocycles. The number of hydrogen-bond donors (Lipinski definition) is 3. The van der Waals surface area contributed by atoms with Crippen LogP contribution in [0.2, 0.25) is 0 Å². The van der Waals surface area contributed by atoms with Gasteiger partial charge < -0.3 is 10.1 Å². The topological polar surface area (TPSA) is 62.4 Å². The Morgan fingerprint density at radius 1 is 1.47 bits per heavy atom. The van der Waals surface area contributed by atoms with Gasteiger partial charge in [0.05, 0.1) is 12.8 Å². The highest BCUT2D eigenvalue weighted by Gasteiger charge is 2.15. The van der Waals surface area contributed by atoms with Crippen LogP contribution in [-0.4, -0.2) is 25.2 Å². The summed E-state index contributed by atoms with van der Waals surface area (Å²) in [6, 6.07) is 6.24. The predicted octanol–water partition coefficient (Wildman–Crippen LogP) is 0.925. The fraction of sp³-hybridized carbons (Fsp3) is 0.462. The Labute approximate surface area is 111 Å². The van der Waals surface area contributed by atoms with Crippen molar-refractivity contribution in [3.05, 3.63) is 30.1 Å². The van der Waals surface area contributed by atoms with E-state index in [2.05, 4.69) is 16.2 Å². The molecule has 6 heteroatoms. The molecule has 0 aromatic heterocycles. The Bertz CT molecular complexity index is 422. The van der Waals surface area contributed by atoms with Crippen LogP contribution in [0.4, 0.5) is 4.39 Å². The maximum absolute atomic E-state index is 13.2. The monoisotopic (exact) mass is 267 g/mol. The molecule has 0 radical (unpaired) electrons. The second-order valence-electron chi connectivity index (χ2n) is 4.36. The van der Waals surface area contributed by atoms with Gasteiger partial charge in [-0.2, -0.15) is 0 Å². The molecule has 1 unspecified atom stereocenters. The van der Waals surface area contributed by atoms with Crippen molar-refractivity contribution in [3.8, 4) is 5.75 Å². The Hall–Kier alpha value is -1.66. The fourth-order valence-electron chi connectivity index (χ4n) is 1.84. The molecule has 1 heterocycles. The van der Waals surface area contributed by atoms with E-state index in [0.717, 1.165) is 13.0 Å². The zero-order valence-corrected chi connectivity index (χ0v) is 10.6. The van der Waals surface area contributed by atoms with Crippen LogP contribution in [0.3, 0.4) is 0 Å². The van der Waals surface area contributed by atoms with E-state index < -0.39 is 0 Å². The van der Waals surface area contributed by atoms with E-state index >= 15 is 0 Å². The highest BCUT2D eigenvalue weighted by molar-refractivity contribution is 5.76. The normalized spacial score (nSPS) is 18.3. The molecule has 1 fully saturated rings. The summed E-state index contributed by atoms with van der Waals surface area (Å²) in [6.07, 6.45) is 1.80. The first-order valence-corrected chi connectivity index (χ1v) is 6.41. The summed E-state index contributed by atoms with van der Waals surface area (Å²) in [6.45, 7) is 1.17. The van der Waals surface area contributed by atoms with Crippen molar-refractivity contribution in [3.63, 3.8) is 0 Å². The third kappa shape index (κ3) is 4.50. The van der Waals surface area contributed by atoms with Crippen LogP contribution in [-0.2, 0) is 4.79 Å². The molecule has 19 heavy (non-hydrogen) atoms. The van der Waals surface area contributed by atoms with Gasteiger partial charge in [0.25, 0.3) is 0 Å². The first-order valence-electron chi connectivity index (χ1n) is 6.41. The van der Waals surface area contributed by atoms with Gasteiger partial charge in [-0.05, 0) is 25.0 Å². The smallest absolute Gasteiger partial charge is 0.221 e. The summed E-state index contributed by atoms with van der Waals surface area (Å²) in [5.74, 6) is -0.184. The number of hydrogen-bond acceptors (Lipinski definition) is 4. The molecule has 1 aromatic rings. The number of amides is 1. The molecule has 0 bridgehead atoms. The van der Waals surface area contributed by atoms with Crippen molar-refractivity contribution in [2.24, 2.45) is 0 Å². The number of benzene rings is 1. The van der Waals surface area contributed by atoms with E-state index in [4.69, 9.17) is 4.74 Å². The zero-order chi connectivity index (χ0) is 13.5. The molecule has 3 N–H and O–H groups in total. The zero-order valence-electron chi connectivity index (χ0n) is 10.6. The lowest BCUT2D eigenvalue weighted by atomic mass is 10.3. The minimum atomic E-state index is -0.381. The van der Waals surface area contributed by atoms with Crippen LogP contribution in [0.5, 0.6) is 5.75 Å². The van der Waals surface area contributed by atoms with Gasteiger partial charge in [0.2, 0.25) is 5.91 Å². The Balaban J connectivity index is 1.61. The van der Waals surface area contributed by atoms with Crippen molar-refractivity contribution in [2.75, 3.05) is 13.2 Å². The van der Waals surface area contributed by atoms with Gasteiger partial charge in [0, 0.05) is 13.0 Å². The lowest BCUT2D eigenvalue weighted by Gasteiger charge is -2.12. The van der Waals surface area contributed by atoms with Gasteiger partial charge in [0.1, 0.15) is 0 Å². The number of nitrogens with one attached hydrogen (secondary N) is 3. The summed E-state index contributed by atoms with van der Waals surface area (Å²) in [4.78, 5) is 11.6. The minimum Gasteiger partial charge on any atom is -0.491 e. The van der Waals surface area contributed by atoms with Crippen LogP contribution in [0.25, 0.3) is 0 Å². The lowest BCUT2D eigenvalue weighted by Crippen LogP contribution is -2.44. The molecule has 1 amide bonds. The van der Waals surface area contributed by atoms with Crippen molar-refractivity contribution in [1.82, 2.24) is 16.2 Å². The standard InChI is InChI=1S/C13H18FN3O2/c14-10-4-1-2-5-11(10)19-9-3-6-13(18)16-12-7-8-15-17-12/h1-2,4-5,12,15,17H,3,6-9H2,(H,16,18). The minimum absolute atomic E-state index is 0.0000128. The summed E-state index contributed by atoms with van der Waals surface area (Å²) in [5, 5.41) is 2.85. The third-order valence-corrected chi connectivity index (χ3v) is 2.81. The van der Waals surface area contributed by atoms with Gasteiger partial charge in [0.15, 0.2) is 11.6 Å². The number of halogens is 1.